The molecule has 96 valence electrons. The molecule has 0 fully saturated rings. The fraction of sp³-hybridized carbons (Fsp3) is 0.0714. The number of ether oxygens (including phenoxy) is 1. The highest BCUT2D eigenvalue weighted by Crippen LogP contribution is 2.14. The number of carbonyl (C=O) groups excluding carboxylic acids is 1. The first kappa shape index (κ1) is 12.8. The first-order valence-electron chi connectivity index (χ1n) is 5.57. The second kappa shape index (κ2) is 5.77. The van der Waals surface area contributed by atoms with Gasteiger partial charge in [0.15, 0.2) is 5.71 Å². The van der Waals surface area contributed by atoms with Gasteiger partial charge in [-0.2, -0.15) is 0 Å². The summed E-state index contributed by atoms with van der Waals surface area (Å²) in [5.74, 6) is 0.291. The minimum absolute atomic E-state index is 0.0208. The number of hydrogen-bond acceptors (Lipinski definition) is 5. The second-order valence-electron chi connectivity index (χ2n) is 3.74. The summed E-state index contributed by atoms with van der Waals surface area (Å²) in [6, 6.07) is 9.80. The summed E-state index contributed by atoms with van der Waals surface area (Å²) in [7, 11) is 1.55. The number of pyridine rings is 1. The van der Waals surface area contributed by atoms with Crippen molar-refractivity contribution >= 4 is 11.5 Å². The summed E-state index contributed by atoms with van der Waals surface area (Å²) in [5.41, 5.74) is 0.913. The number of methoxy groups -OCH3 is 1. The van der Waals surface area contributed by atoms with E-state index in [2.05, 4.69) is 10.1 Å². The van der Waals surface area contributed by atoms with E-state index in [0.717, 1.165) is 0 Å². The lowest BCUT2D eigenvalue weighted by Crippen LogP contribution is -2.16. The molecule has 1 aromatic heterocycles. The number of oxime groups is 1. The van der Waals surface area contributed by atoms with Gasteiger partial charge in [-0.3, -0.25) is 9.78 Å². The number of rotatable bonds is 4. The molecular formula is C14H12N2O3. The van der Waals surface area contributed by atoms with E-state index in [-0.39, 0.29) is 11.5 Å². The minimum Gasteiger partial charge on any atom is -0.497 e. The Kier molecular flexibility index (Phi) is 3.87. The van der Waals surface area contributed by atoms with E-state index in [4.69, 9.17) is 9.94 Å². The zero-order valence-corrected chi connectivity index (χ0v) is 10.3. The molecule has 0 saturated carbocycles. The topological polar surface area (TPSA) is 71.8 Å². The van der Waals surface area contributed by atoms with Crippen LogP contribution in [0.3, 0.4) is 0 Å². The molecule has 0 amide bonds. The van der Waals surface area contributed by atoms with Gasteiger partial charge in [0, 0.05) is 23.5 Å². The van der Waals surface area contributed by atoms with Crippen molar-refractivity contribution in [3.8, 4) is 5.75 Å². The number of benzene rings is 1. The van der Waals surface area contributed by atoms with Crippen LogP contribution in [0.2, 0.25) is 0 Å². The molecular weight excluding hydrogens is 244 g/mol. The highest BCUT2D eigenvalue weighted by Gasteiger charge is 2.16. The molecule has 0 bridgehead atoms. The van der Waals surface area contributed by atoms with Crippen LogP contribution in [-0.4, -0.2) is 28.8 Å². The largest absolute Gasteiger partial charge is 0.497 e. The van der Waals surface area contributed by atoms with Crippen molar-refractivity contribution in [2.45, 2.75) is 0 Å². The summed E-state index contributed by atoms with van der Waals surface area (Å²) >= 11 is 0. The highest BCUT2D eigenvalue weighted by molar-refractivity contribution is 6.51. The normalized spacial score (nSPS) is 11.1. The first-order valence-corrected chi connectivity index (χ1v) is 5.57. The maximum absolute atomic E-state index is 12.2. The Morgan fingerprint density at radius 3 is 2.26 bits per heavy atom. The van der Waals surface area contributed by atoms with Crippen molar-refractivity contribution in [2.24, 2.45) is 5.16 Å². The van der Waals surface area contributed by atoms with Crippen molar-refractivity contribution in [3.63, 3.8) is 0 Å². The van der Waals surface area contributed by atoms with E-state index in [9.17, 15) is 4.79 Å². The summed E-state index contributed by atoms with van der Waals surface area (Å²) in [4.78, 5) is 16.1. The van der Waals surface area contributed by atoms with Crippen LogP contribution in [0, 0.1) is 0 Å². The molecule has 0 radical (unpaired) electrons. The van der Waals surface area contributed by atoms with Crippen molar-refractivity contribution < 1.29 is 14.7 Å². The molecule has 0 spiro atoms. The average molecular weight is 256 g/mol. The van der Waals surface area contributed by atoms with Crippen molar-refractivity contribution in [1.29, 1.82) is 0 Å². The Morgan fingerprint density at radius 2 is 1.74 bits per heavy atom. The smallest absolute Gasteiger partial charge is 0.215 e. The molecule has 1 heterocycles. The fourth-order valence-electron chi connectivity index (χ4n) is 1.62. The minimum atomic E-state index is -0.364. The third kappa shape index (κ3) is 2.77. The average Bonchev–Trinajstić information content (AvgIpc) is 2.49. The van der Waals surface area contributed by atoms with Gasteiger partial charge >= 0.3 is 0 Å². The van der Waals surface area contributed by atoms with Gasteiger partial charge in [-0.1, -0.05) is 5.16 Å². The number of nitrogens with zero attached hydrogens (tertiary/aromatic N) is 2. The van der Waals surface area contributed by atoms with Gasteiger partial charge in [0.25, 0.3) is 0 Å². The second-order valence-corrected chi connectivity index (χ2v) is 3.74. The van der Waals surface area contributed by atoms with E-state index in [0.29, 0.717) is 16.9 Å². The molecule has 1 aromatic carbocycles. The summed E-state index contributed by atoms with van der Waals surface area (Å²) in [6.07, 6.45) is 3.06. The molecule has 0 aliphatic carbocycles. The van der Waals surface area contributed by atoms with Crippen molar-refractivity contribution in [1.82, 2.24) is 4.98 Å². The molecule has 0 saturated heterocycles. The monoisotopic (exact) mass is 256 g/mol. The molecule has 0 unspecified atom stereocenters. The molecule has 5 heteroatoms. The van der Waals surface area contributed by atoms with E-state index < -0.39 is 0 Å². The quantitative estimate of drug-likeness (QED) is 0.394. The van der Waals surface area contributed by atoms with E-state index in [1.807, 2.05) is 0 Å². The van der Waals surface area contributed by atoms with Gasteiger partial charge < -0.3 is 9.94 Å². The van der Waals surface area contributed by atoms with Crippen molar-refractivity contribution in [3.05, 3.63) is 59.9 Å². The van der Waals surface area contributed by atoms with Crippen LogP contribution in [0.5, 0.6) is 5.75 Å². The van der Waals surface area contributed by atoms with Gasteiger partial charge in [-0.15, -0.1) is 0 Å². The zero-order chi connectivity index (χ0) is 13.7. The maximum atomic E-state index is 12.2. The summed E-state index contributed by atoms with van der Waals surface area (Å²) in [5, 5.41) is 12.1. The molecule has 5 nitrogen and oxygen atoms in total. The van der Waals surface area contributed by atoms with Gasteiger partial charge in [0.2, 0.25) is 5.78 Å². The molecule has 19 heavy (non-hydrogen) atoms. The Hall–Kier alpha value is -2.69. The lowest BCUT2D eigenvalue weighted by Gasteiger charge is -2.05. The first-order chi connectivity index (χ1) is 9.26. The van der Waals surface area contributed by atoms with Crippen LogP contribution in [0.4, 0.5) is 0 Å². The van der Waals surface area contributed by atoms with Crippen LogP contribution >= 0.6 is 0 Å². The SMILES string of the molecule is COc1ccc(C(=O)C(=NO)c2ccncc2)cc1. The van der Waals surface area contributed by atoms with Crippen LogP contribution < -0.4 is 4.74 Å². The number of hydrogen-bond donors (Lipinski definition) is 1. The van der Waals surface area contributed by atoms with Gasteiger partial charge in [0.05, 0.1) is 7.11 Å². The zero-order valence-electron chi connectivity index (χ0n) is 10.3. The van der Waals surface area contributed by atoms with E-state index in [1.54, 1.807) is 43.5 Å². The summed E-state index contributed by atoms with van der Waals surface area (Å²) in [6.45, 7) is 0. The van der Waals surface area contributed by atoms with Gasteiger partial charge in [-0.05, 0) is 36.4 Å². The van der Waals surface area contributed by atoms with Crippen LogP contribution in [0.1, 0.15) is 15.9 Å². The number of aromatic nitrogens is 1. The van der Waals surface area contributed by atoms with Crippen LogP contribution in [-0.2, 0) is 0 Å². The Morgan fingerprint density at radius 1 is 1.11 bits per heavy atom. The molecule has 0 aliphatic rings. The third-order valence-electron chi connectivity index (χ3n) is 2.62. The molecule has 0 atom stereocenters. The summed E-state index contributed by atoms with van der Waals surface area (Å²) < 4.78 is 5.02. The predicted octanol–water partition coefficient (Wildman–Crippen LogP) is 2.15. The number of carbonyl (C=O) groups is 1. The van der Waals surface area contributed by atoms with E-state index >= 15 is 0 Å². The lowest BCUT2D eigenvalue weighted by molar-refractivity contribution is 0.106. The Balaban J connectivity index is 2.31. The number of ketones is 1. The fourth-order valence-corrected chi connectivity index (χ4v) is 1.62. The highest BCUT2D eigenvalue weighted by atomic mass is 16.5. The van der Waals surface area contributed by atoms with Crippen LogP contribution in [0.15, 0.2) is 53.9 Å². The van der Waals surface area contributed by atoms with Gasteiger partial charge in [-0.25, -0.2) is 0 Å². The Bertz CT molecular complexity index is 592. The maximum Gasteiger partial charge on any atom is 0.215 e. The predicted molar refractivity (Wildman–Crippen MR) is 69.9 cm³/mol. The lowest BCUT2D eigenvalue weighted by atomic mass is 10.0. The number of Topliss-reactive ketones (excluding diaryl/α,β-unsaturated/α-hetero) is 1. The molecule has 2 rings (SSSR count). The van der Waals surface area contributed by atoms with Crippen molar-refractivity contribution in [2.75, 3.05) is 7.11 Å². The standard InChI is InChI=1S/C14H12N2O3/c1-19-12-4-2-11(3-5-12)14(17)13(16-18)10-6-8-15-9-7-10/h2-9,18H,1H3. The third-order valence-corrected chi connectivity index (χ3v) is 2.62. The molecule has 1 N–H and O–H groups in total. The Labute approximate surface area is 110 Å². The van der Waals surface area contributed by atoms with Gasteiger partial charge in [0.1, 0.15) is 5.75 Å². The van der Waals surface area contributed by atoms with E-state index in [1.165, 1.54) is 12.4 Å². The van der Waals surface area contributed by atoms with Crippen LogP contribution in [0.25, 0.3) is 0 Å². The molecule has 0 aliphatic heterocycles. The molecule has 2 aromatic rings.